The first-order valence-electron chi connectivity index (χ1n) is 7.57. The summed E-state index contributed by atoms with van der Waals surface area (Å²) in [5.74, 6) is 2.11. The average molecular weight is 317 g/mol. The van der Waals surface area contributed by atoms with Crippen LogP contribution in [0.15, 0.2) is 30.3 Å². The second-order valence-corrected chi connectivity index (χ2v) is 5.55. The molecule has 0 spiro atoms. The van der Waals surface area contributed by atoms with Crippen LogP contribution >= 0.6 is 0 Å². The normalized spacial score (nSPS) is 14.7. The summed E-state index contributed by atoms with van der Waals surface area (Å²) < 4.78 is 18.8. The summed E-state index contributed by atoms with van der Waals surface area (Å²) in [6, 6.07) is 7.66. The summed E-state index contributed by atoms with van der Waals surface area (Å²) in [6.07, 6.45) is 0. The minimum Gasteiger partial charge on any atom is -0.439 e. The second-order valence-electron chi connectivity index (χ2n) is 5.55. The van der Waals surface area contributed by atoms with Gasteiger partial charge in [0.05, 0.1) is 0 Å². The molecule has 1 aromatic carbocycles. The van der Waals surface area contributed by atoms with Gasteiger partial charge in [-0.2, -0.15) is 9.97 Å². The molecule has 122 valence electrons. The summed E-state index contributed by atoms with van der Waals surface area (Å²) in [6.45, 7) is 3.52. The van der Waals surface area contributed by atoms with Crippen LogP contribution in [0.5, 0.6) is 11.6 Å². The quantitative estimate of drug-likeness (QED) is 0.929. The second kappa shape index (κ2) is 6.78. The highest BCUT2D eigenvalue weighted by Crippen LogP contribution is 2.25. The van der Waals surface area contributed by atoms with Crippen molar-refractivity contribution in [2.75, 3.05) is 50.1 Å². The maximum absolute atomic E-state index is 13.0. The minimum atomic E-state index is -0.296. The Morgan fingerprint density at radius 1 is 1.13 bits per heavy atom. The van der Waals surface area contributed by atoms with Crippen LogP contribution < -0.4 is 19.9 Å². The number of benzene rings is 1. The van der Waals surface area contributed by atoms with Gasteiger partial charge in [-0.1, -0.05) is 0 Å². The van der Waals surface area contributed by atoms with E-state index in [9.17, 15) is 4.39 Å². The first kappa shape index (κ1) is 15.5. The highest BCUT2D eigenvalue weighted by molar-refractivity contribution is 5.48. The number of rotatable bonds is 4. The van der Waals surface area contributed by atoms with E-state index in [-0.39, 0.29) is 5.82 Å². The fourth-order valence-corrected chi connectivity index (χ4v) is 2.31. The minimum absolute atomic E-state index is 0.296. The van der Waals surface area contributed by atoms with Crippen molar-refractivity contribution in [2.45, 2.75) is 0 Å². The lowest BCUT2D eigenvalue weighted by Gasteiger charge is -2.28. The zero-order valence-corrected chi connectivity index (χ0v) is 13.3. The largest absolute Gasteiger partial charge is 0.439 e. The average Bonchev–Trinajstić information content (AvgIpc) is 2.57. The highest BCUT2D eigenvalue weighted by Gasteiger charge is 2.16. The number of hydrogen-bond acceptors (Lipinski definition) is 6. The third-order valence-electron chi connectivity index (χ3n) is 3.57. The van der Waals surface area contributed by atoms with Crippen molar-refractivity contribution < 1.29 is 9.13 Å². The predicted molar refractivity (Wildman–Crippen MR) is 87.9 cm³/mol. The van der Waals surface area contributed by atoms with Gasteiger partial charge in [0.15, 0.2) is 0 Å². The molecule has 0 atom stereocenters. The summed E-state index contributed by atoms with van der Waals surface area (Å²) in [5.41, 5.74) is 0. The molecule has 1 aliphatic heterocycles. The third kappa shape index (κ3) is 3.87. The Morgan fingerprint density at radius 3 is 2.48 bits per heavy atom. The monoisotopic (exact) mass is 317 g/mol. The van der Waals surface area contributed by atoms with Crippen LogP contribution in [0.25, 0.3) is 0 Å². The molecule has 0 aliphatic carbocycles. The zero-order valence-electron chi connectivity index (χ0n) is 13.3. The van der Waals surface area contributed by atoms with Crippen LogP contribution in [0.2, 0.25) is 0 Å². The van der Waals surface area contributed by atoms with E-state index >= 15 is 0 Å². The van der Waals surface area contributed by atoms with Crippen molar-refractivity contribution in [3.05, 3.63) is 36.1 Å². The van der Waals surface area contributed by atoms with E-state index in [4.69, 9.17) is 4.74 Å². The molecule has 1 aliphatic rings. The molecule has 0 unspecified atom stereocenters. The van der Waals surface area contributed by atoms with E-state index in [1.807, 2.05) is 19.0 Å². The number of ether oxygens (including phenoxy) is 1. The lowest BCUT2D eigenvalue weighted by molar-refractivity contribution is 0.458. The zero-order chi connectivity index (χ0) is 16.2. The van der Waals surface area contributed by atoms with Crippen LogP contribution in [0, 0.1) is 5.82 Å². The van der Waals surface area contributed by atoms with Crippen molar-refractivity contribution in [2.24, 2.45) is 0 Å². The molecule has 0 bridgehead atoms. The molecular formula is C16H20FN5O. The van der Waals surface area contributed by atoms with Crippen LogP contribution in [0.1, 0.15) is 0 Å². The van der Waals surface area contributed by atoms with E-state index in [0.29, 0.717) is 17.6 Å². The van der Waals surface area contributed by atoms with Gasteiger partial charge in [0.2, 0.25) is 11.8 Å². The van der Waals surface area contributed by atoms with Gasteiger partial charge in [0, 0.05) is 46.3 Å². The van der Waals surface area contributed by atoms with Gasteiger partial charge in [-0.05, 0) is 24.3 Å². The van der Waals surface area contributed by atoms with Gasteiger partial charge in [0.25, 0.3) is 0 Å². The fourth-order valence-electron chi connectivity index (χ4n) is 2.31. The molecule has 0 radical (unpaired) electrons. The fraction of sp³-hybridized carbons (Fsp3) is 0.375. The summed E-state index contributed by atoms with van der Waals surface area (Å²) >= 11 is 0. The highest BCUT2D eigenvalue weighted by atomic mass is 19.1. The number of hydrogen-bond donors (Lipinski definition) is 1. The van der Waals surface area contributed by atoms with E-state index in [1.165, 1.54) is 12.1 Å². The Kier molecular flexibility index (Phi) is 4.57. The molecular weight excluding hydrogens is 297 g/mol. The molecule has 1 saturated heterocycles. The standard InChI is InChI=1S/C16H20FN5O/c1-21(2)14-11-15(23-13-5-3-12(17)4-6-13)20-16(19-14)22-9-7-18-8-10-22/h3-6,11,18H,7-10H2,1-2H3. The SMILES string of the molecule is CN(C)c1cc(Oc2ccc(F)cc2)nc(N2CCNCC2)n1. The first-order chi connectivity index (χ1) is 11.1. The smallest absolute Gasteiger partial charge is 0.230 e. The van der Waals surface area contributed by atoms with Gasteiger partial charge in [-0.3, -0.25) is 0 Å². The van der Waals surface area contributed by atoms with Gasteiger partial charge in [0.1, 0.15) is 17.4 Å². The molecule has 2 aromatic rings. The summed E-state index contributed by atoms with van der Waals surface area (Å²) in [5, 5.41) is 3.31. The van der Waals surface area contributed by atoms with Crippen molar-refractivity contribution >= 4 is 11.8 Å². The number of halogens is 1. The maximum Gasteiger partial charge on any atom is 0.230 e. The van der Waals surface area contributed by atoms with E-state index in [0.717, 1.165) is 32.0 Å². The van der Waals surface area contributed by atoms with Crippen LogP contribution in [0.4, 0.5) is 16.2 Å². The van der Waals surface area contributed by atoms with Crippen LogP contribution in [-0.4, -0.2) is 50.2 Å². The Morgan fingerprint density at radius 2 is 1.83 bits per heavy atom. The van der Waals surface area contributed by atoms with E-state index < -0.39 is 0 Å². The predicted octanol–water partition coefficient (Wildman–Crippen LogP) is 1.88. The van der Waals surface area contributed by atoms with Crippen molar-refractivity contribution in [3.63, 3.8) is 0 Å². The number of nitrogens with one attached hydrogen (secondary N) is 1. The third-order valence-corrected chi connectivity index (χ3v) is 3.57. The summed E-state index contributed by atoms with van der Waals surface area (Å²) in [7, 11) is 3.84. The molecule has 1 aromatic heterocycles. The van der Waals surface area contributed by atoms with Gasteiger partial charge in [-0.25, -0.2) is 4.39 Å². The summed E-state index contributed by atoms with van der Waals surface area (Å²) in [4.78, 5) is 13.1. The van der Waals surface area contributed by atoms with Crippen molar-refractivity contribution in [1.29, 1.82) is 0 Å². The van der Waals surface area contributed by atoms with E-state index in [2.05, 4.69) is 20.2 Å². The molecule has 3 rings (SSSR count). The number of piperazine rings is 1. The van der Waals surface area contributed by atoms with Crippen LogP contribution in [0.3, 0.4) is 0 Å². The first-order valence-corrected chi connectivity index (χ1v) is 7.57. The molecule has 2 heterocycles. The van der Waals surface area contributed by atoms with E-state index in [1.54, 1.807) is 18.2 Å². The lowest BCUT2D eigenvalue weighted by Crippen LogP contribution is -2.44. The number of nitrogens with zero attached hydrogens (tertiary/aromatic N) is 4. The van der Waals surface area contributed by atoms with Crippen molar-refractivity contribution in [3.8, 4) is 11.6 Å². The molecule has 7 heteroatoms. The maximum atomic E-state index is 13.0. The lowest BCUT2D eigenvalue weighted by atomic mass is 10.3. The van der Waals surface area contributed by atoms with Crippen LogP contribution in [-0.2, 0) is 0 Å². The Labute approximate surface area is 134 Å². The van der Waals surface area contributed by atoms with Gasteiger partial charge >= 0.3 is 0 Å². The molecule has 1 fully saturated rings. The molecule has 1 N–H and O–H groups in total. The molecule has 0 saturated carbocycles. The van der Waals surface area contributed by atoms with Gasteiger partial charge < -0.3 is 19.9 Å². The number of aromatic nitrogens is 2. The molecule has 0 amide bonds. The Bertz CT molecular complexity index is 656. The van der Waals surface area contributed by atoms with Crippen molar-refractivity contribution in [1.82, 2.24) is 15.3 Å². The Balaban J connectivity index is 1.88. The number of anilines is 2. The topological polar surface area (TPSA) is 53.5 Å². The van der Waals surface area contributed by atoms with Gasteiger partial charge in [-0.15, -0.1) is 0 Å². The molecule has 23 heavy (non-hydrogen) atoms. The molecule has 6 nitrogen and oxygen atoms in total. The Hall–Kier alpha value is -2.41.